The number of benzene rings is 1. The van der Waals surface area contributed by atoms with Gasteiger partial charge in [0.2, 0.25) is 0 Å². The number of unbranched alkanes of at least 4 members (excludes halogenated alkanes) is 4. The molecule has 0 unspecified atom stereocenters. The van der Waals surface area contributed by atoms with Crippen molar-refractivity contribution in [2.45, 2.75) is 97.3 Å². The summed E-state index contributed by atoms with van der Waals surface area (Å²) in [7, 11) is 1.57. The van der Waals surface area contributed by atoms with E-state index in [9.17, 15) is 8.42 Å². The molecule has 30 heavy (non-hydrogen) atoms. The molecular formula is C24H44ClNO2SSn. The average molecular weight is 565 g/mol. The minimum atomic E-state index is -3.56. The minimum absolute atomic E-state index is 0.182. The van der Waals surface area contributed by atoms with Crippen LogP contribution in [-0.4, -0.2) is 33.3 Å². The molecule has 0 fully saturated rings. The predicted octanol–water partition coefficient (Wildman–Crippen LogP) is 7.59. The number of allylic oxidation sites excluding steroid dienone is 1. The van der Waals surface area contributed by atoms with Crippen molar-refractivity contribution in [3.05, 3.63) is 40.0 Å². The van der Waals surface area contributed by atoms with Crippen LogP contribution in [0.4, 0.5) is 0 Å². The van der Waals surface area contributed by atoms with Gasteiger partial charge in [0.1, 0.15) is 0 Å². The molecule has 0 amide bonds. The zero-order chi connectivity index (χ0) is 22.9. The number of rotatable bonds is 14. The number of hydrogen-bond acceptors (Lipinski definition) is 3. The third kappa shape index (κ3) is 13.4. The van der Waals surface area contributed by atoms with Gasteiger partial charge in [-0.05, 0) is 18.6 Å². The first-order chi connectivity index (χ1) is 14.3. The number of aryl methyl sites for hydroxylation is 1. The zero-order valence-corrected chi connectivity index (χ0v) is 24.1. The molecule has 0 aliphatic rings. The first-order valence-electron chi connectivity index (χ1n) is 11.6. The van der Waals surface area contributed by atoms with Crippen LogP contribution in [-0.2, 0) is 9.05 Å². The summed E-state index contributed by atoms with van der Waals surface area (Å²) in [5, 5.41) is 0. The van der Waals surface area contributed by atoms with Gasteiger partial charge in [0.05, 0.1) is 4.90 Å². The second-order valence-electron chi connectivity index (χ2n) is 8.21. The van der Waals surface area contributed by atoms with Crippen molar-refractivity contribution in [2.24, 2.45) is 5.73 Å². The van der Waals surface area contributed by atoms with Gasteiger partial charge in [-0.3, -0.25) is 0 Å². The van der Waals surface area contributed by atoms with E-state index in [1.54, 1.807) is 38.4 Å². The number of hydrogen-bond donors (Lipinski definition) is 1. The summed E-state index contributed by atoms with van der Waals surface area (Å²) >= 11 is -1.96. The molecule has 0 radical (unpaired) electrons. The molecule has 0 aromatic heterocycles. The Bertz CT molecular complexity index is 670. The molecule has 6 heteroatoms. The van der Waals surface area contributed by atoms with Gasteiger partial charge in [-0.1, -0.05) is 18.2 Å². The maximum atomic E-state index is 10.8. The SMILES string of the molecule is CCC[CH2][Sn]([CH]=CCCCN)([CH2]CCC)[CH2]CCC.Cc1ccccc1S(=O)(=O)Cl. The van der Waals surface area contributed by atoms with Crippen molar-refractivity contribution in [1.29, 1.82) is 0 Å². The van der Waals surface area contributed by atoms with Crippen molar-refractivity contribution in [3.8, 4) is 0 Å². The van der Waals surface area contributed by atoms with Crippen molar-refractivity contribution in [3.63, 3.8) is 0 Å². The minimum Gasteiger partial charge on any atom is -0.207 e. The Balaban J connectivity index is 0.000000642. The van der Waals surface area contributed by atoms with E-state index in [-0.39, 0.29) is 4.90 Å². The van der Waals surface area contributed by atoms with Crippen LogP contribution in [0.3, 0.4) is 0 Å². The van der Waals surface area contributed by atoms with E-state index in [4.69, 9.17) is 16.4 Å². The molecule has 1 aromatic carbocycles. The molecule has 0 aliphatic carbocycles. The van der Waals surface area contributed by atoms with E-state index in [0.29, 0.717) is 5.56 Å². The van der Waals surface area contributed by atoms with Gasteiger partial charge in [-0.25, -0.2) is 8.42 Å². The maximum Gasteiger partial charge on any atom is 0.261 e. The topological polar surface area (TPSA) is 60.2 Å². The van der Waals surface area contributed by atoms with Crippen molar-refractivity contribution >= 4 is 38.1 Å². The molecule has 0 bridgehead atoms. The van der Waals surface area contributed by atoms with Crippen LogP contribution in [0.1, 0.15) is 77.7 Å². The molecule has 1 rings (SSSR count). The van der Waals surface area contributed by atoms with E-state index in [0.717, 1.165) is 13.0 Å². The Hall–Kier alpha value is -0.0413. The fourth-order valence-electron chi connectivity index (χ4n) is 3.61. The standard InChI is InChI=1S/C7H7ClO2S.C5H10N.3C4H9.Sn/c1-6-4-2-3-5-7(6)11(8,9)10;1-2-3-4-5-6;3*1-3-4-2;/h2-5H,1H3;1-2H,3-6H2;3*1,3-4H2,2H3;. The Morgan fingerprint density at radius 3 is 1.80 bits per heavy atom. The molecule has 174 valence electrons. The van der Waals surface area contributed by atoms with Gasteiger partial charge in [0.25, 0.3) is 9.05 Å². The monoisotopic (exact) mass is 565 g/mol. The maximum absolute atomic E-state index is 10.8. The van der Waals surface area contributed by atoms with Gasteiger partial charge >= 0.3 is 126 Å². The molecule has 1 aromatic rings. The van der Waals surface area contributed by atoms with E-state index < -0.39 is 27.4 Å². The normalized spacial score (nSPS) is 12.1. The summed E-state index contributed by atoms with van der Waals surface area (Å²) in [4.78, 5) is 0.182. The quantitative estimate of drug-likeness (QED) is 0.144. The molecule has 0 saturated carbocycles. The summed E-state index contributed by atoms with van der Waals surface area (Å²) in [6.07, 6.45) is 13.4. The molecule has 0 aliphatic heterocycles. The summed E-state index contributed by atoms with van der Waals surface area (Å²) < 4.78 is 29.2. The second kappa shape index (κ2) is 17.5. The van der Waals surface area contributed by atoms with Crippen LogP contribution < -0.4 is 5.73 Å². The molecule has 0 saturated heterocycles. The molecule has 0 spiro atoms. The van der Waals surface area contributed by atoms with E-state index in [1.165, 1.54) is 51.0 Å². The molecule has 0 atom stereocenters. The van der Waals surface area contributed by atoms with Crippen LogP contribution in [0.15, 0.2) is 39.3 Å². The predicted molar refractivity (Wildman–Crippen MR) is 137 cm³/mol. The summed E-state index contributed by atoms with van der Waals surface area (Å²) in [5.74, 6) is 0. The van der Waals surface area contributed by atoms with E-state index in [1.807, 2.05) is 0 Å². The fourth-order valence-corrected chi connectivity index (χ4v) is 19.4. The van der Waals surface area contributed by atoms with Crippen LogP contribution in [0, 0.1) is 6.92 Å². The molecule has 3 nitrogen and oxygen atoms in total. The number of nitrogens with two attached hydrogens (primary N) is 1. The first-order valence-corrected chi connectivity index (χ1v) is 21.7. The van der Waals surface area contributed by atoms with Crippen molar-refractivity contribution in [1.82, 2.24) is 0 Å². The van der Waals surface area contributed by atoms with Crippen LogP contribution in [0.25, 0.3) is 0 Å². The Kier molecular flexibility index (Phi) is 17.5. The largest absolute Gasteiger partial charge is 0.261 e. The third-order valence-electron chi connectivity index (χ3n) is 5.49. The van der Waals surface area contributed by atoms with E-state index >= 15 is 0 Å². The third-order valence-corrected chi connectivity index (χ3v) is 21.2. The smallest absolute Gasteiger partial charge is 0.207 e. The van der Waals surface area contributed by atoms with Crippen LogP contribution >= 0.6 is 10.7 Å². The molecule has 2 N–H and O–H groups in total. The van der Waals surface area contributed by atoms with Crippen molar-refractivity contribution in [2.75, 3.05) is 6.54 Å². The van der Waals surface area contributed by atoms with E-state index in [2.05, 4.69) is 30.9 Å². The Labute approximate surface area is 195 Å². The van der Waals surface area contributed by atoms with Gasteiger partial charge in [-0.2, -0.15) is 0 Å². The summed E-state index contributed by atoms with van der Waals surface area (Å²) in [6, 6.07) is 6.59. The van der Waals surface area contributed by atoms with Gasteiger partial charge < -0.3 is 0 Å². The first kappa shape index (κ1) is 30.0. The zero-order valence-electron chi connectivity index (χ0n) is 19.6. The van der Waals surface area contributed by atoms with Gasteiger partial charge in [0.15, 0.2) is 0 Å². The summed E-state index contributed by atoms with van der Waals surface area (Å²) in [5.41, 5.74) is 6.27. The summed E-state index contributed by atoms with van der Waals surface area (Å²) in [6.45, 7) is 9.57. The second-order valence-corrected chi connectivity index (χ2v) is 23.8. The van der Waals surface area contributed by atoms with Crippen LogP contribution in [0.2, 0.25) is 13.3 Å². The molecule has 0 heterocycles. The fraction of sp³-hybridized carbons (Fsp3) is 0.667. The molecular weight excluding hydrogens is 521 g/mol. The van der Waals surface area contributed by atoms with Gasteiger partial charge in [-0.15, -0.1) is 0 Å². The van der Waals surface area contributed by atoms with Crippen LogP contribution in [0.5, 0.6) is 0 Å². The number of halogens is 1. The Morgan fingerprint density at radius 2 is 1.43 bits per heavy atom. The Morgan fingerprint density at radius 1 is 0.933 bits per heavy atom. The average Bonchev–Trinajstić information content (AvgIpc) is 2.72. The van der Waals surface area contributed by atoms with Crippen molar-refractivity contribution < 1.29 is 8.42 Å². The van der Waals surface area contributed by atoms with Gasteiger partial charge in [0, 0.05) is 10.7 Å².